The molecule has 5 rings (SSSR count). The van der Waals surface area contributed by atoms with Crippen molar-refractivity contribution in [1.29, 1.82) is 0 Å². The highest BCUT2D eigenvalue weighted by Gasteiger charge is 2.33. The van der Waals surface area contributed by atoms with Gasteiger partial charge in [0, 0.05) is 30.2 Å². The van der Waals surface area contributed by atoms with E-state index in [4.69, 9.17) is 4.74 Å². The third kappa shape index (κ3) is 3.66. The van der Waals surface area contributed by atoms with Crippen LogP contribution in [0.15, 0.2) is 37.1 Å². The van der Waals surface area contributed by atoms with Gasteiger partial charge in [0.1, 0.15) is 17.6 Å². The molecule has 9 nitrogen and oxygen atoms in total. The predicted octanol–water partition coefficient (Wildman–Crippen LogP) is 3.20. The third-order valence-corrected chi connectivity index (χ3v) is 5.36. The molecule has 0 bridgehead atoms. The molecule has 0 aliphatic carbocycles. The van der Waals surface area contributed by atoms with Crippen LogP contribution in [0.3, 0.4) is 0 Å². The summed E-state index contributed by atoms with van der Waals surface area (Å²) in [6.45, 7) is 5.08. The molecule has 5 heterocycles. The van der Waals surface area contributed by atoms with Gasteiger partial charge in [-0.2, -0.15) is 18.3 Å². The maximum atomic E-state index is 13.1. The molecule has 0 radical (unpaired) electrons. The van der Waals surface area contributed by atoms with Crippen molar-refractivity contribution in [3.63, 3.8) is 0 Å². The van der Waals surface area contributed by atoms with E-state index in [-0.39, 0.29) is 23.7 Å². The van der Waals surface area contributed by atoms with Crippen LogP contribution in [0.4, 0.5) is 19.0 Å². The topological polar surface area (TPSA) is 97.1 Å². The summed E-state index contributed by atoms with van der Waals surface area (Å²) < 4.78 is 46.8. The fourth-order valence-electron chi connectivity index (χ4n) is 3.84. The molecule has 1 fully saturated rings. The van der Waals surface area contributed by atoms with E-state index in [0.717, 1.165) is 23.7 Å². The molecule has 4 aromatic rings. The van der Waals surface area contributed by atoms with E-state index in [2.05, 4.69) is 35.0 Å². The Morgan fingerprint density at radius 3 is 2.72 bits per heavy atom. The highest BCUT2D eigenvalue weighted by atomic mass is 19.4. The average molecular weight is 444 g/mol. The lowest BCUT2D eigenvalue weighted by Crippen LogP contribution is -2.43. The van der Waals surface area contributed by atoms with E-state index in [1.54, 1.807) is 18.5 Å². The number of morpholine rings is 1. The first-order valence-corrected chi connectivity index (χ1v) is 9.93. The van der Waals surface area contributed by atoms with Gasteiger partial charge in [0.15, 0.2) is 17.2 Å². The smallest absolute Gasteiger partial charge is 0.367 e. The minimum atomic E-state index is -4.57. The van der Waals surface area contributed by atoms with Crippen LogP contribution in [0.5, 0.6) is 0 Å². The number of imidazole rings is 1. The van der Waals surface area contributed by atoms with Gasteiger partial charge in [-0.15, -0.1) is 0 Å². The van der Waals surface area contributed by atoms with Crippen molar-refractivity contribution in [2.75, 3.05) is 18.0 Å². The molecule has 166 valence electrons. The molecule has 0 spiro atoms. The Balaban J connectivity index is 1.49. The highest BCUT2D eigenvalue weighted by molar-refractivity contribution is 5.58. The van der Waals surface area contributed by atoms with Gasteiger partial charge in [-0.3, -0.25) is 9.50 Å². The number of ether oxygens (including phenoxy) is 1. The van der Waals surface area contributed by atoms with Crippen LogP contribution in [0.1, 0.15) is 30.0 Å². The SMILES string of the molecule is Cc1[nH]ncc1[C@@H]1CN(c2ccnc(-c3cnc4cnc(C(F)(F)F)cn34)n2)C[C@@H](C)O1. The fourth-order valence-corrected chi connectivity index (χ4v) is 3.84. The van der Waals surface area contributed by atoms with E-state index in [1.807, 2.05) is 13.8 Å². The second-order valence-electron chi connectivity index (χ2n) is 7.67. The van der Waals surface area contributed by atoms with Crippen molar-refractivity contribution in [2.45, 2.75) is 32.2 Å². The summed E-state index contributed by atoms with van der Waals surface area (Å²) in [5.41, 5.74) is 1.52. The summed E-state index contributed by atoms with van der Waals surface area (Å²) in [4.78, 5) is 18.6. The molecule has 0 unspecified atom stereocenters. The zero-order chi connectivity index (χ0) is 22.5. The van der Waals surface area contributed by atoms with Gasteiger partial charge >= 0.3 is 6.18 Å². The normalized spacial score (nSPS) is 19.6. The first kappa shape index (κ1) is 20.4. The molecule has 1 saturated heterocycles. The summed E-state index contributed by atoms with van der Waals surface area (Å²) in [6, 6.07) is 1.77. The van der Waals surface area contributed by atoms with Crippen molar-refractivity contribution in [1.82, 2.24) is 34.5 Å². The maximum Gasteiger partial charge on any atom is 0.434 e. The Morgan fingerprint density at radius 2 is 1.97 bits per heavy atom. The number of aromatic nitrogens is 7. The number of aryl methyl sites for hydroxylation is 1. The molecule has 2 atom stereocenters. The standard InChI is InChI=1S/C20H19F3N8O/c1-11-8-30(9-15(32-11)13-5-27-29-12(13)2)17-3-4-24-19(28-17)14-6-26-18-7-25-16(10-31(14)18)20(21,22)23/h3-7,10-11,15H,8-9H2,1-2H3,(H,27,29)/t11-,15+/m1/s1. The van der Waals surface area contributed by atoms with Crippen molar-refractivity contribution >= 4 is 11.5 Å². The predicted molar refractivity (Wildman–Crippen MR) is 108 cm³/mol. The van der Waals surface area contributed by atoms with Crippen molar-refractivity contribution in [2.24, 2.45) is 0 Å². The number of hydrogen-bond donors (Lipinski definition) is 1. The van der Waals surface area contributed by atoms with E-state index in [9.17, 15) is 13.2 Å². The minimum Gasteiger partial charge on any atom is -0.367 e. The minimum absolute atomic E-state index is 0.0577. The van der Waals surface area contributed by atoms with Crippen LogP contribution in [0, 0.1) is 6.92 Å². The number of aromatic amines is 1. The quantitative estimate of drug-likeness (QED) is 0.518. The summed E-state index contributed by atoms with van der Waals surface area (Å²) in [6.07, 6.45) is 1.95. The Bertz CT molecular complexity index is 1270. The van der Waals surface area contributed by atoms with Crippen LogP contribution in [0.2, 0.25) is 0 Å². The van der Waals surface area contributed by atoms with Gasteiger partial charge in [-0.25, -0.2) is 19.9 Å². The summed E-state index contributed by atoms with van der Waals surface area (Å²) in [5, 5.41) is 7.00. The molecular weight excluding hydrogens is 425 g/mol. The monoisotopic (exact) mass is 444 g/mol. The van der Waals surface area contributed by atoms with Gasteiger partial charge in [-0.1, -0.05) is 0 Å². The molecular formula is C20H19F3N8O. The van der Waals surface area contributed by atoms with Gasteiger partial charge in [0.2, 0.25) is 0 Å². The number of H-pyrrole nitrogens is 1. The Morgan fingerprint density at radius 1 is 1.12 bits per heavy atom. The van der Waals surface area contributed by atoms with Crippen molar-refractivity contribution in [3.8, 4) is 11.5 Å². The Hall–Kier alpha value is -3.54. The number of anilines is 1. The molecule has 1 N–H and O–H groups in total. The number of hydrogen-bond acceptors (Lipinski definition) is 7. The molecule has 1 aliphatic heterocycles. The first-order valence-electron chi connectivity index (χ1n) is 9.93. The zero-order valence-corrected chi connectivity index (χ0v) is 17.2. The lowest BCUT2D eigenvalue weighted by Gasteiger charge is -2.37. The van der Waals surface area contributed by atoms with Gasteiger partial charge in [0.25, 0.3) is 0 Å². The molecule has 0 amide bonds. The zero-order valence-electron chi connectivity index (χ0n) is 17.2. The number of rotatable bonds is 3. The number of alkyl halides is 3. The largest absolute Gasteiger partial charge is 0.434 e. The summed E-state index contributed by atoms with van der Waals surface area (Å²) in [7, 11) is 0. The van der Waals surface area contributed by atoms with E-state index in [0.29, 0.717) is 24.6 Å². The van der Waals surface area contributed by atoms with Crippen LogP contribution in [0.25, 0.3) is 17.2 Å². The first-order chi connectivity index (χ1) is 15.3. The summed E-state index contributed by atoms with van der Waals surface area (Å²) >= 11 is 0. The van der Waals surface area contributed by atoms with Gasteiger partial charge < -0.3 is 9.64 Å². The van der Waals surface area contributed by atoms with Crippen LogP contribution >= 0.6 is 0 Å². The summed E-state index contributed by atoms with van der Waals surface area (Å²) in [5.74, 6) is 0.917. The maximum absolute atomic E-state index is 13.1. The average Bonchev–Trinajstić information content (AvgIpc) is 3.38. The van der Waals surface area contributed by atoms with Crippen molar-refractivity contribution < 1.29 is 17.9 Å². The second-order valence-corrected chi connectivity index (χ2v) is 7.67. The highest BCUT2D eigenvalue weighted by Crippen LogP contribution is 2.31. The lowest BCUT2D eigenvalue weighted by atomic mass is 10.1. The van der Waals surface area contributed by atoms with Gasteiger partial charge in [0.05, 0.1) is 31.2 Å². The van der Waals surface area contributed by atoms with E-state index < -0.39 is 11.9 Å². The van der Waals surface area contributed by atoms with E-state index in [1.165, 1.54) is 10.6 Å². The van der Waals surface area contributed by atoms with Crippen LogP contribution in [-0.2, 0) is 10.9 Å². The fraction of sp³-hybridized carbons (Fsp3) is 0.350. The lowest BCUT2D eigenvalue weighted by molar-refractivity contribution is -0.141. The molecule has 12 heteroatoms. The molecule has 4 aromatic heterocycles. The molecule has 1 aliphatic rings. The number of fused-ring (bicyclic) bond motifs is 1. The number of nitrogens with zero attached hydrogens (tertiary/aromatic N) is 7. The Kier molecular flexibility index (Phi) is 4.81. The van der Waals surface area contributed by atoms with Crippen LogP contribution < -0.4 is 4.90 Å². The van der Waals surface area contributed by atoms with Crippen LogP contribution in [-0.4, -0.2) is 53.7 Å². The van der Waals surface area contributed by atoms with Gasteiger partial charge in [-0.05, 0) is 19.9 Å². The molecule has 32 heavy (non-hydrogen) atoms. The second kappa shape index (κ2) is 7.55. The number of halogens is 3. The Labute approximate surface area is 180 Å². The molecule has 0 aromatic carbocycles. The van der Waals surface area contributed by atoms with E-state index >= 15 is 0 Å². The third-order valence-electron chi connectivity index (χ3n) is 5.36. The number of nitrogens with one attached hydrogen (secondary N) is 1. The molecule has 0 saturated carbocycles. The van der Waals surface area contributed by atoms with Crippen molar-refractivity contribution in [3.05, 3.63) is 54.0 Å².